The number of benzene rings is 1. The van der Waals surface area contributed by atoms with Gasteiger partial charge in [0.1, 0.15) is 11.7 Å². The number of rotatable bonds is 4. The maximum atomic E-state index is 12.4. The highest BCUT2D eigenvalue weighted by molar-refractivity contribution is 6.32. The number of halogens is 2. The topological polar surface area (TPSA) is 63.2 Å². The number of carbonyl (C=O) groups is 1. The van der Waals surface area contributed by atoms with Crippen LogP contribution in [0.25, 0.3) is 0 Å². The van der Waals surface area contributed by atoms with Crippen LogP contribution >= 0.6 is 23.2 Å². The highest BCUT2D eigenvalue weighted by Gasteiger charge is 2.28. The fraction of sp³-hybridized carbons (Fsp3) is 0.143. The van der Waals surface area contributed by atoms with Gasteiger partial charge in [0.2, 0.25) is 5.22 Å². The van der Waals surface area contributed by atoms with Crippen molar-refractivity contribution in [2.75, 3.05) is 7.11 Å². The zero-order valence-electron chi connectivity index (χ0n) is 10.4. The minimum atomic E-state index is -1.07. The molecular weight excluding hydrogens is 301 g/mol. The summed E-state index contributed by atoms with van der Waals surface area (Å²) in [7, 11) is 1.45. The van der Waals surface area contributed by atoms with E-state index in [1.165, 1.54) is 25.5 Å². The van der Waals surface area contributed by atoms with E-state index >= 15 is 0 Å². The average molecular weight is 310 g/mol. The molecule has 0 bridgehead atoms. The van der Waals surface area contributed by atoms with E-state index in [-0.39, 0.29) is 10.8 Å². The molecule has 0 aliphatic heterocycles. The van der Waals surface area contributed by atoms with E-state index in [0.717, 1.165) is 0 Å². The lowest BCUT2D eigenvalue weighted by atomic mass is 9.92. The first kappa shape index (κ1) is 14.4. The summed E-state index contributed by atoms with van der Waals surface area (Å²) in [6, 6.07) is 8.12. The highest BCUT2D eigenvalue weighted by Crippen LogP contribution is 2.33. The maximum Gasteiger partial charge on any atom is 0.203 e. The van der Waals surface area contributed by atoms with Crippen LogP contribution in [-0.2, 0) is 0 Å². The molecule has 2 aromatic rings. The van der Waals surface area contributed by atoms with Gasteiger partial charge in [-0.2, -0.15) is 5.26 Å². The molecule has 2 rings (SSSR count). The Morgan fingerprint density at radius 1 is 1.40 bits per heavy atom. The number of hydrogen-bond donors (Lipinski definition) is 0. The molecule has 20 heavy (non-hydrogen) atoms. The van der Waals surface area contributed by atoms with Gasteiger partial charge in [-0.25, -0.2) is 0 Å². The molecule has 4 nitrogen and oxygen atoms in total. The third-order valence-corrected chi connectivity index (χ3v) is 3.31. The Morgan fingerprint density at radius 2 is 2.15 bits per heavy atom. The first-order valence-corrected chi connectivity index (χ1v) is 6.34. The number of nitrogens with zero attached hydrogens (tertiary/aromatic N) is 1. The molecule has 102 valence electrons. The van der Waals surface area contributed by atoms with Crippen molar-refractivity contribution in [3.63, 3.8) is 0 Å². The van der Waals surface area contributed by atoms with Crippen molar-refractivity contribution in [1.82, 2.24) is 0 Å². The molecule has 0 fully saturated rings. The van der Waals surface area contributed by atoms with Crippen LogP contribution in [0.2, 0.25) is 10.2 Å². The Morgan fingerprint density at radius 3 is 2.70 bits per heavy atom. The fourth-order valence-electron chi connectivity index (χ4n) is 1.83. The summed E-state index contributed by atoms with van der Waals surface area (Å²) in [6.07, 6.45) is 1.29. The van der Waals surface area contributed by atoms with Crippen LogP contribution in [0.5, 0.6) is 5.75 Å². The van der Waals surface area contributed by atoms with E-state index in [2.05, 4.69) is 0 Å². The summed E-state index contributed by atoms with van der Waals surface area (Å²) in [4.78, 5) is 12.4. The summed E-state index contributed by atoms with van der Waals surface area (Å²) in [5.41, 5.74) is 0.546. The molecule has 0 radical (unpaired) electrons. The van der Waals surface area contributed by atoms with Crippen LogP contribution in [0.3, 0.4) is 0 Å². The molecule has 1 atom stereocenters. The highest BCUT2D eigenvalue weighted by atomic mass is 35.5. The second-order valence-corrected chi connectivity index (χ2v) is 4.70. The standard InChI is InChI=1S/C14H9Cl2NO3/c1-19-12-3-2-8(15)6-10(12)11(7-17)13(18)9-4-5-20-14(9)16/h2-6,11H,1H3. The number of nitriles is 1. The second kappa shape index (κ2) is 6.00. The molecule has 0 aliphatic carbocycles. The molecule has 0 amide bonds. The molecule has 1 unspecified atom stereocenters. The third-order valence-electron chi connectivity index (χ3n) is 2.78. The summed E-state index contributed by atoms with van der Waals surface area (Å²) in [5, 5.41) is 9.67. The summed E-state index contributed by atoms with van der Waals surface area (Å²) >= 11 is 11.7. The molecular formula is C14H9Cl2NO3. The van der Waals surface area contributed by atoms with Gasteiger partial charge in [-0.3, -0.25) is 4.79 Å². The van der Waals surface area contributed by atoms with Crippen molar-refractivity contribution in [2.45, 2.75) is 5.92 Å². The van der Waals surface area contributed by atoms with Gasteiger partial charge in [0.15, 0.2) is 5.78 Å². The van der Waals surface area contributed by atoms with Gasteiger partial charge in [0.05, 0.1) is 25.0 Å². The zero-order chi connectivity index (χ0) is 14.7. The maximum absolute atomic E-state index is 12.4. The summed E-state index contributed by atoms with van der Waals surface area (Å²) < 4.78 is 10.0. The first-order chi connectivity index (χ1) is 9.58. The van der Waals surface area contributed by atoms with Crippen LogP contribution in [0, 0.1) is 11.3 Å². The zero-order valence-corrected chi connectivity index (χ0v) is 11.9. The predicted octanol–water partition coefficient (Wildman–Crippen LogP) is 4.09. The van der Waals surface area contributed by atoms with Crippen molar-refractivity contribution in [1.29, 1.82) is 5.26 Å². The number of carbonyl (C=O) groups excluding carboxylic acids is 1. The van der Waals surface area contributed by atoms with Crippen molar-refractivity contribution >= 4 is 29.0 Å². The Balaban J connectivity index is 2.49. The van der Waals surface area contributed by atoms with Gasteiger partial charge in [-0.1, -0.05) is 11.6 Å². The van der Waals surface area contributed by atoms with Crippen LogP contribution in [0.4, 0.5) is 0 Å². The molecule has 1 aromatic carbocycles. The molecule has 1 heterocycles. The van der Waals surface area contributed by atoms with Crippen molar-refractivity contribution in [2.24, 2.45) is 0 Å². The molecule has 0 saturated heterocycles. The normalized spacial score (nSPS) is 11.7. The van der Waals surface area contributed by atoms with E-state index in [9.17, 15) is 10.1 Å². The van der Waals surface area contributed by atoms with Gasteiger partial charge in [-0.15, -0.1) is 0 Å². The molecule has 0 N–H and O–H groups in total. The van der Waals surface area contributed by atoms with E-state index in [4.69, 9.17) is 32.4 Å². The number of ketones is 1. The molecule has 0 saturated carbocycles. The lowest BCUT2D eigenvalue weighted by Gasteiger charge is -2.12. The predicted molar refractivity (Wildman–Crippen MR) is 74.4 cm³/mol. The number of Topliss-reactive ketones (excluding diaryl/α,β-unsaturated/α-hetero) is 1. The summed E-state index contributed by atoms with van der Waals surface area (Å²) in [5.74, 6) is -1.13. The number of methoxy groups -OCH3 is 1. The monoisotopic (exact) mass is 309 g/mol. The first-order valence-electron chi connectivity index (χ1n) is 5.58. The van der Waals surface area contributed by atoms with Crippen molar-refractivity contribution in [3.8, 4) is 11.8 Å². The smallest absolute Gasteiger partial charge is 0.203 e. The average Bonchev–Trinajstić information content (AvgIpc) is 2.86. The van der Waals surface area contributed by atoms with Crippen molar-refractivity contribution in [3.05, 3.63) is 51.9 Å². The van der Waals surface area contributed by atoms with Crippen LogP contribution < -0.4 is 4.74 Å². The molecule has 0 aliphatic rings. The van der Waals surface area contributed by atoms with E-state index in [0.29, 0.717) is 16.3 Å². The molecule has 0 spiro atoms. The van der Waals surface area contributed by atoms with E-state index < -0.39 is 11.7 Å². The van der Waals surface area contributed by atoms with Gasteiger partial charge in [-0.05, 0) is 35.9 Å². The van der Waals surface area contributed by atoms with E-state index in [1.807, 2.05) is 6.07 Å². The molecule has 1 aromatic heterocycles. The number of hydrogen-bond acceptors (Lipinski definition) is 4. The minimum Gasteiger partial charge on any atom is -0.496 e. The molecule has 6 heteroatoms. The minimum absolute atomic E-state index is 0.0451. The summed E-state index contributed by atoms with van der Waals surface area (Å²) in [6.45, 7) is 0. The Hall–Kier alpha value is -1.96. The van der Waals surface area contributed by atoms with Gasteiger partial charge < -0.3 is 9.15 Å². The largest absolute Gasteiger partial charge is 0.496 e. The van der Waals surface area contributed by atoms with Crippen LogP contribution in [-0.4, -0.2) is 12.9 Å². The van der Waals surface area contributed by atoms with Crippen LogP contribution in [0.1, 0.15) is 21.8 Å². The van der Waals surface area contributed by atoms with Gasteiger partial charge >= 0.3 is 0 Å². The van der Waals surface area contributed by atoms with Crippen LogP contribution in [0.15, 0.2) is 34.9 Å². The lowest BCUT2D eigenvalue weighted by Crippen LogP contribution is -2.12. The number of ether oxygens (including phenoxy) is 1. The van der Waals surface area contributed by atoms with E-state index in [1.54, 1.807) is 12.1 Å². The van der Waals surface area contributed by atoms with Crippen molar-refractivity contribution < 1.29 is 13.9 Å². The SMILES string of the molecule is COc1ccc(Cl)cc1C(C#N)C(=O)c1ccoc1Cl. The lowest BCUT2D eigenvalue weighted by molar-refractivity contribution is 0.0977. The second-order valence-electron chi connectivity index (χ2n) is 3.92. The number of furan rings is 1. The Labute approximate surface area is 125 Å². The third kappa shape index (κ3) is 2.64. The van der Waals surface area contributed by atoms with Gasteiger partial charge in [0, 0.05) is 10.6 Å². The fourth-order valence-corrected chi connectivity index (χ4v) is 2.21. The Kier molecular flexibility index (Phi) is 4.33. The van der Waals surface area contributed by atoms with Gasteiger partial charge in [0.25, 0.3) is 0 Å². The Bertz CT molecular complexity index is 688. The quantitative estimate of drug-likeness (QED) is 0.798.